The zero-order valence-corrected chi connectivity index (χ0v) is 9.05. The second kappa shape index (κ2) is 5.05. The van der Waals surface area contributed by atoms with Gasteiger partial charge in [-0.25, -0.2) is 0 Å². The van der Waals surface area contributed by atoms with Gasteiger partial charge >= 0.3 is 16.2 Å². The van der Waals surface area contributed by atoms with E-state index in [1.165, 1.54) is 12.5 Å². The Morgan fingerprint density at radius 3 is 1.73 bits per heavy atom. The van der Waals surface area contributed by atoms with E-state index in [0.717, 1.165) is 0 Å². The van der Waals surface area contributed by atoms with Crippen LogP contribution in [0.3, 0.4) is 0 Å². The molecule has 0 aliphatic carbocycles. The van der Waals surface area contributed by atoms with Crippen molar-refractivity contribution in [2.75, 3.05) is 12.5 Å². The predicted molar refractivity (Wildman–Crippen MR) is 49.4 cm³/mol. The van der Waals surface area contributed by atoms with Gasteiger partial charge in [0.05, 0.1) is 10.8 Å². The maximum Gasteiger partial charge on any atom is 0.477 e. The minimum atomic E-state index is -1.20. The van der Waals surface area contributed by atoms with Crippen molar-refractivity contribution in [1.82, 2.24) is 0 Å². The number of hydrogen-bond donors (Lipinski definition) is 0. The van der Waals surface area contributed by atoms with Gasteiger partial charge in [0.2, 0.25) is 0 Å². The lowest BCUT2D eigenvalue weighted by atomic mass is 10.5. The predicted octanol–water partition coefficient (Wildman–Crippen LogP) is -0.114. The van der Waals surface area contributed by atoms with E-state index in [9.17, 15) is 12.6 Å². The Bertz CT molecular complexity index is 191. The van der Waals surface area contributed by atoms with Gasteiger partial charge in [0.1, 0.15) is 5.25 Å². The Labute approximate surface area is 75.4 Å². The average molecular weight is 215 g/mol. The van der Waals surface area contributed by atoms with Gasteiger partial charge in [0, 0.05) is 27.5 Å². The average Bonchev–Trinajstić information content (AvgIpc) is 1.88. The Morgan fingerprint density at radius 1 is 1.18 bits per heavy atom. The molecule has 0 aromatic rings. The summed E-state index contributed by atoms with van der Waals surface area (Å²) in [6, 6.07) is 0. The minimum Gasteiger partial charge on any atom is -0.259 e. The SMILES string of the molecule is CC(C([S+]=O)S(C)=O)S(C)=O. The van der Waals surface area contributed by atoms with E-state index in [0.29, 0.717) is 0 Å². The van der Waals surface area contributed by atoms with Gasteiger partial charge in [-0.15, -0.1) is 0 Å². The van der Waals surface area contributed by atoms with Crippen LogP contribution in [0, 0.1) is 0 Å². The maximum absolute atomic E-state index is 10.9. The third-order valence-corrected chi connectivity index (χ3v) is 5.70. The molecule has 4 atom stereocenters. The van der Waals surface area contributed by atoms with Crippen LogP contribution in [0.4, 0.5) is 0 Å². The summed E-state index contributed by atoms with van der Waals surface area (Å²) in [6.45, 7) is 1.67. The van der Waals surface area contributed by atoms with E-state index in [1.807, 2.05) is 0 Å². The molecular formula is C5H11O3S3+. The molecule has 0 aliphatic heterocycles. The monoisotopic (exact) mass is 215 g/mol. The molecule has 66 valence electrons. The van der Waals surface area contributed by atoms with Gasteiger partial charge in [-0.1, -0.05) is 0 Å². The molecule has 0 aliphatic rings. The van der Waals surface area contributed by atoms with Crippen LogP contribution in [-0.4, -0.2) is 30.8 Å². The first-order valence-electron chi connectivity index (χ1n) is 2.93. The van der Waals surface area contributed by atoms with Gasteiger partial charge in [0.15, 0.2) is 0 Å². The van der Waals surface area contributed by atoms with Crippen LogP contribution in [-0.2, 0) is 37.5 Å². The molecule has 0 bridgehead atoms. The Balaban J connectivity index is 4.37. The normalized spacial score (nSPS) is 21.7. The number of rotatable bonds is 4. The van der Waals surface area contributed by atoms with Crippen LogP contribution in [0.15, 0.2) is 0 Å². The lowest BCUT2D eigenvalue weighted by Crippen LogP contribution is -2.29. The summed E-state index contributed by atoms with van der Waals surface area (Å²) in [5, 5.41) is -0.302. The molecule has 4 unspecified atom stereocenters. The standard InChI is InChI=1S/C5H11O3S3/c1-4(10(2)7)5(9-6)11(3)8/h4-5H,1-3H3/q+1. The van der Waals surface area contributed by atoms with Crippen molar-refractivity contribution in [3.63, 3.8) is 0 Å². The molecule has 0 spiro atoms. The molecule has 6 heteroatoms. The quantitative estimate of drug-likeness (QED) is 0.615. The first-order chi connectivity index (χ1) is 5.00. The molecule has 0 N–H and O–H groups in total. The fourth-order valence-electron chi connectivity index (χ4n) is 0.560. The molecule has 0 amide bonds. The van der Waals surface area contributed by atoms with Crippen LogP contribution in [0.2, 0.25) is 0 Å². The lowest BCUT2D eigenvalue weighted by Gasteiger charge is -2.03. The van der Waals surface area contributed by atoms with Gasteiger partial charge in [-0.2, -0.15) is 0 Å². The van der Waals surface area contributed by atoms with E-state index in [2.05, 4.69) is 0 Å². The Kier molecular flexibility index (Phi) is 5.20. The van der Waals surface area contributed by atoms with Crippen molar-refractivity contribution >= 4 is 33.3 Å². The second-order valence-electron chi connectivity index (χ2n) is 2.17. The summed E-state index contributed by atoms with van der Waals surface area (Å²) in [5.41, 5.74) is 0. The van der Waals surface area contributed by atoms with Crippen molar-refractivity contribution in [2.45, 2.75) is 16.8 Å². The third kappa shape index (κ3) is 3.48. The van der Waals surface area contributed by atoms with Crippen LogP contribution >= 0.6 is 0 Å². The molecular weight excluding hydrogens is 204 g/mol. The molecule has 0 heterocycles. The molecule has 11 heavy (non-hydrogen) atoms. The molecule has 0 fully saturated rings. The lowest BCUT2D eigenvalue weighted by molar-refractivity contribution is 0.601. The van der Waals surface area contributed by atoms with E-state index in [1.54, 1.807) is 6.92 Å². The zero-order valence-electron chi connectivity index (χ0n) is 6.60. The Morgan fingerprint density at radius 2 is 1.64 bits per heavy atom. The van der Waals surface area contributed by atoms with Crippen molar-refractivity contribution in [3.05, 3.63) is 0 Å². The summed E-state index contributed by atoms with van der Waals surface area (Å²) in [4.78, 5) is 0. The van der Waals surface area contributed by atoms with Gasteiger partial charge in [-0.3, -0.25) is 8.42 Å². The van der Waals surface area contributed by atoms with Crippen molar-refractivity contribution < 1.29 is 12.6 Å². The topological polar surface area (TPSA) is 51.2 Å². The summed E-state index contributed by atoms with van der Waals surface area (Å²) in [7, 11) is -2.27. The smallest absolute Gasteiger partial charge is 0.259 e. The number of hydrogen-bond acceptors (Lipinski definition) is 3. The fourth-order valence-corrected chi connectivity index (χ4v) is 3.56. The van der Waals surface area contributed by atoms with Gasteiger partial charge in [-0.05, 0) is 6.92 Å². The highest BCUT2D eigenvalue weighted by molar-refractivity contribution is 7.97. The largest absolute Gasteiger partial charge is 0.477 e. The highest BCUT2D eigenvalue weighted by Gasteiger charge is 2.35. The summed E-state index contributed by atoms with van der Waals surface area (Å²) < 4.78 is 31.6. The van der Waals surface area contributed by atoms with E-state index < -0.39 is 26.2 Å². The first-order valence-corrected chi connectivity index (χ1v) is 6.98. The highest BCUT2D eigenvalue weighted by atomic mass is 32.2. The van der Waals surface area contributed by atoms with Crippen LogP contribution in [0.25, 0.3) is 0 Å². The first kappa shape index (κ1) is 11.3. The van der Waals surface area contributed by atoms with Crippen molar-refractivity contribution in [2.24, 2.45) is 0 Å². The maximum atomic E-state index is 10.9. The third-order valence-electron chi connectivity index (χ3n) is 1.33. The highest BCUT2D eigenvalue weighted by Crippen LogP contribution is 2.05. The van der Waals surface area contributed by atoms with E-state index >= 15 is 0 Å². The molecule has 0 aromatic carbocycles. The summed E-state index contributed by atoms with van der Waals surface area (Å²) >= 11 is 0.271. The molecule has 0 rings (SSSR count). The minimum absolute atomic E-state index is 0.271. The second-order valence-corrected chi connectivity index (χ2v) is 6.41. The van der Waals surface area contributed by atoms with Crippen LogP contribution < -0.4 is 0 Å². The molecule has 3 nitrogen and oxygen atoms in total. The molecule has 0 radical (unpaired) electrons. The molecule has 0 aromatic heterocycles. The van der Waals surface area contributed by atoms with Crippen molar-refractivity contribution in [3.8, 4) is 0 Å². The van der Waals surface area contributed by atoms with E-state index in [-0.39, 0.29) is 16.9 Å². The van der Waals surface area contributed by atoms with Gasteiger partial charge in [0.25, 0.3) is 0 Å². The van der Waals surface area contributed by atoms with Crippen molar-refractivity contribution in [1.29, 1.82) is 0 Å². The fraction of sp³-hybridized carbons (Fsp3) is 1.00. The summed E-state index contributed by atoms with van der Waals surface area (Å²) in [6.07, 6.45) is 2.97. The summed E-state index contributed by atoms with van der Waals surface area (Å²) in [5.74, 6) is 0. The van der Waals surface area contributed by atoms with E-state index in [4.69, 9.17) is 0 Å². The molecule has 0 saturated heterocycles. The van der Waals surface area contributed by atoms with Crippen LogP contribution in [0.1, 0.15) is 6.92 Å². The Hall–Kier alpha value is 0.320. The van der Waals surface area contributed by atoms with Crippen LogP contribution in [0.5, 0.6) is 0 Å². The zero-order chi connectivity index (χ0) is 9.02. The van der Waals surface area contributed by atoms with Gasteiger partial charge < -0.3 is 0 Å². The molecule has 0 saturated carbocycles.